The molecule has 0 saturated heterocycles. The van der Waals surface area contributed by atoms with Crippen LogP contribution in [0.1, 0.15) is 19.4 Å². The second kappa shape index (κ2) is 8.29. The van der Waals surface area contributed by atoms with Gasteiger partial charge in [0.15, 0.2) is 0 Å². The van der Waals surface area contributed by atoms with Crippen molar-refractivity contribution < 1.29 is 19.1 Å². The molecular formula is C21H20ClNO4S. The van der Waals surface area contributed by atoms with Crippen molar-refractivity contribution in [3.63, 3.8) is 0 Å². The van der Waals surface area contributed by atoms with Gasteiger partial charge in [-0.05, 0) is 17.7 Å². The molecule has 3 rings (SSSR count). The molecule has 5 nitrogen and oxygen atoms in total. The third-order valence-corrected chi connectivity index (χ3v) is 5.46. The molecule has 1 heterocycles. The lowest BCUT2D eigenvalue weighted by Gasteiger charge is -2.17. The number of carbonyl (C=O) groups excluding carboxylic acids is 2. The van der Waals surface area contributed by atoms with Gasteiger partial charge in [0.05, 0.1) is 30.4 Å². The quantitative estimate of drug-likeness (QED) is 0.633. The Morgan fingerprint density at radius 3 is 2.00 bits per heavy atom. The second-order valence-electron chi connectivity index (χ2n) is 6.39. The first-order chi connectivity index (χ1) is 13.3. The van der Waals surface area contributed by atoms with Crippen LogP contribution in [0.5, 0.6) is 11.5 Å². The third-order valence-electron chi connectivity index (χ3n) is 4.12. The number of amides is 2. The molecule has 0 aliphatic carbocycles. The number of hydrogen-bond donors (Lipinski definition) is 0. The van der Waals surface area contributed by atoms with E-state index in [1.165, 1.54) is 30.9 Å². The zero-order valence-corrected chi connectivity index (χ0v) is 17.6. The fourth-order valence-electron chi connectivity index (χ4n) is 2.88. The van der Waals surface area contributed by atoms with Gasteiger partial charge in [-0.2, -0.15) is 0 Å². The molecule has 0 N–H and O–H groups in total. The molecule has 1 aliphatic rings. The van der Waals surface area contributed by atoms with Gasteiger partial charge in [-0.15, -0.1) is 11.8 Å². The van der Waals surface area contributed by atoms with Crippen LogP contribution < -0.4 is 14.4 Å². The van der Waals surface area contributed by atoms with Crippen molar-refractivity contribution in [1.82, 2.24) is 0 Å². The first-order valence-electron chi connectivity index (χ1n) is 8.64. The SMILES string of the molecule is COc1cc(OC)cc(N2C(=O)C(SC(C)C)=C(c3ccc(Cl)cc3)C2=O)c1. The summed E-state index contributed by atoms with van der Waals surface area (Å²) in [5, 5.41) is 0.697. The monoisotopic (exact) mass is 417 g/mol. The minimum absolute atomic E-state index is 0.133. The Balaban J connectivity index is 2.12. The zero-order chi connectivity index (χ0) is 20.4. The van der Waals surface area contributed by atoms with Crippen LogP contribution in [0.3, 0.4) is 0 Å². The van der Waals surface area contributed by atoms with Crippen molar-refractivity contribution in [2.45, 2.75) is 19.1 Å². The average molecular weight is 418 g/mol. The van der Waals surface area contributed by atoms with Crippen molar-refractivity contribution in [1.29, 1.82) is 0 Å². The Bertz CT molecular complexity index is 931. The van der Waals surface area contributed by atoms with Gasteiger partial charge in [0.2, 0.25) is 0 Å². The van der Waals surface area contributed by atoms with Gasteiger partial charge in [0.25, 0.3) is 11.8 Å². The molecule has 28 heavy (non-hydrogen) atoms. The van der Waals surface area contributed by atoms with Crippen LogP contribution in [0.25, 0.3) is 5.57 Å². The number of ether oxygens (including phenoxy) is 2. The zero-order valence-electron chi connectivity index (χ0n) is 16.0. The highest BCUT2D eigenvalue weighted by molar-refractivity contribution is 8.04. The highest BCUT2D eigenvalue weighted by Crippen LogP contribution is 2.41. The predicted octanol–water partition coefficient (Wildman–Crippen LogP) is 4.78. The summed E-state index contributed by atoms with van der Waals surface area (Å²) in [4.78, 5) is 28.1. The van der Waals surface area contributed by atoms with Crippen molar-refractivity contribution in [2.75, 3.05) is 19.1 Å². The number of hydrogen-bond acceptors (Lipinski definition) is 5. The van der Waals surface area contributed by atoms with Crippen LogP contribution in [-0.2, 0) is 9.59 Å². The molecule has 0 aromatic heterocycles. The van der Waals surface area contributed by atoms with Crippen LogP contribution in [0.4, 0.5) is 5.69 Å². The Morgan fingerprint density at radius 2 is 1.50 bits per heavy atom. The number of halogens is 1. The number of carbonyl (C=O) groups is 2. The van der Waals surface area contributed by atoms with Gasteiger partial charge in [-0.25, -0.2) is 4.90 Å². The molecule has 0 atom stereocenters. The molecule has 2 amide bonds. The summed E-state index contributed by atoms with van der Waals surface area (Å²) in [7, 11) is 3.03. The van der Waals surface area contributed by atoms with E-state index >= 15 is 0 Å². The van der Waals surface area contributed by atoms with Crippen LogP contribution >= 0.6 is 23.4 Å². The molecule has 2 aromatic carbocycles. The Kier molecular flexibility index (Phi) is 6.01. The molecule has 0 unspecified atom stereocenters. The molecule has 0 bridgehead atoms. The van der Waals surface area contributed by atoms with Crippen molar-refractivity contribution in [3.8, 4) is 11.5 Å². The topological polar surface area (TPSA) is 55.8 Å². The summed E-state index contributed by atoms with van der Waals surface area (Å²) in [6.07, 6.45) is 0. The van der Waals surface area contributed by atoms with Crippen molar-refractivity contribution >= 4 is 46.4 Å². The highest BCUT2D eigenvalue weighted by Gasteiger charge is 2.40. The first-order valence-corrected chi connectivity index (χ1v) is 9.90. The Labute approximate surface area is 173 Å². The molecule has 0 fully saturated rings. The lowest BCUT2D eigenvalue weighted by atomic mass is 10.1. The van der Waals surface area contributed by atoms with E-state index in [0.29, 0.717) is 38.3 Å². The lowest BCUT2D eigenvalue weighted by Crippen LogP contribution is -2.31. The Morgan fingerprint density at radius 1 is 0.929 bits per heavy atom. The number of imide groups is 1. The van der Waals surface area contributed by atoms with Gasteiger partial charge < -0.3 is 9.47 Å². The molecule has 2 aromatic rings. The van der Waals surface area contributed by atoms with Crippen LogP contribution in [0, 0.1) is 0 Å². The molecule has 0 saturated carbocycles. The minimum Gasteiger partial charge on any atom is -0.497 e. The summed E-state index contributed by atoms with van der Waals surface area (Å²) in [5.41, 5.74) is 1.43. The van der Waals surface area contributed by atoms with Gasteiger partial charge in [0.1, 0.15) is 11.5 Å². The highest BCUT2D eigenvalue weighted by atomic mass is 35.5. The van der Waals surface area contributed by atoms with Crippen molar-refractivity contribution in [2.24, 2.45) is 0 Å². The fourth-order valence-corrected chi connectivity index (χ4v) is 3.99. The summed E-state index contributed by atoms with van der Waals surface area (Å²) in [6.45, 7) is 3.96. The number of thioether (sulfide) groups is 1. The number of methoxy groups -OCH3 is 2. The van der Waals surface area contributed by atoms with E-state index in [9.17, 15) is 9.59 Å². The molecule has 0 radical (unpaired) electrons. The van der Waals surface area contributed by atoms with Crippen LogP contribution in [-0.4, -0.2) is 31.3 Å². The van der Waals surface area contributed by atoms with Gasteiger partial charge >= 0.3 is 0 Å². The fraction of sp³-hybridized carbons (Fsp3) is 0.238. The largest absolute Gasteiger partial charge is 0.497 e. The van der Waals surface area contributed by atoms with Crippen LogP contribution in [0.15, 0.2) is 47.4 Å². The molecule has 7 heteroatoms. The van der Waals surface area contributed by atoms with E-state index in [2.05, 4.69) is 0 Å². The Hall–Kier alpha value is -2.44. The summed E-state index contributed by atoms with van der Waals surface area (Å²) in [6, 6.07) is 11.9. The normalized spacial score (nSPS) is 14.3. The molecule has 146 valence electrons. The maximum absolute atomic E-state index is 13.3. The van der Waals surface area contributed by atoms with Gasteiger partial charge in [-0.3, -0.25) is 9.59 Å². The van der Waals surface area contributed by atoms with Crippen LogP contribution in [0.2, 0.25) is 5.02 Å². The minimum atomic E-state index is -0.384. The average Bonchev–Trinajstić information content (AvgIpc) is 2.91. The molecular weight excluding hydrogens is 398 g/mol. The van der Waals surface area contributed by atoms with E-state index in [4.69, 9.17) is 21.1 Å². The van der Waals surface area contributed by atoms with E-state index in [1.54, 1.807) is 42.5 Å². The third kappa shape index (κ3) is 3.88. The lowest BCUT2D eigenvalue weighted by molar-refractivity contribution is -0.119. The number of rotatable bonds is 6. The van der Waals surface area contributed by atoms with Gasteiger partial charge in [0, 0.05) is 28.5 Å². The van der Waals surface area contributed by atoms with E-state index in [1.807, 2.05) is 13.8 Å². The molecule has 0 spiro atoms. The smallest absolute Gasteiger partial charge is 0.272 e. The number of nitrogens with zero attached hydrogens (tertiary/aromatic N) is 1. The van der Waals surface area contributed by atoms with Gasteiger partial charge in [-0.1, -0.05) is 37.6 Å². The molecule has 1 aliphatic heterocycles. The summed E-state index contributed by atoms with van der Waals surface area (Å²) < 4.78 is 10.6. The predicted molar refractivity (Wildman–Crippen MR) is 113 cm³/mol. The number of benzene rings is 2. The van der Waals surface area contributed by atoms with E-state index < -0.39 is 0 Å². The second-order valence-corrected chi connectivity index (χ2v) is 8.42. The standard InChI is InChI=1S/C21H20ClNO4S/c1-12(2)28-19-18(13-5-7-14(22)8-6-13)20(24)23(21(19)25)15-9-16(26-3)11-17(10-15)27-4/h5-12H,1-4H3. The van der Waals surface area contributed by atoms with Crippen molar-refractivity contribution in [3.05, 3.63) is 58.0 Å². The van der Waals surface area contributed by atoms with E-state index in [-0.39, 0.29) is 17.1 Å². The number of anilines is 1. The maximum Gasteiger partial charge on any atom is 0.272 e. The summed E-state index contributed by atoms with van der Waals surface area (Å²) in [5.74, 6) is 0.246. The maximum atomic E-state index is 13.3. The summed E-state index contributed by atoms with van der Waals surface area (Å²) >= 11 is 7.36. The van der Waals surface area contributed by atoms with E-state index in [0.717, 1.165) is 0 Å². The first kappa shape index (κ1) is 20.3.